The minimum atomic E-state index is -0.452. The van der Waals surface area contributed by atoms with E-state index in [1.165, 1.54) is 12.0 Å². The fraction of sp³-hybridized carbons (Fsp3) is 0.583. The number of methoxy groups -OCH3 is 1. The van der Waals surface area contributed by atoms with Crippen molar-refractivity contribution in [1.29, 1.82) is 0 Å². The van der Waals surface area contributed by atoms with Crippen molar-refractivity contribution < 1.29 is 19.1 Å². The average Bonchev–Trinajstić information content (AvgIpc) is 2.73. The second kappa shape index (κ2) is 7.81. The summed E-state index contributed by atoms with van der Waals surface area (Å²) in [7, 11) is 1.53. The minimum absolute atomic E-state index is 0.118. The number of nitrogens with two attached hydrogens (primary N) is 1. The third-order valence-electron chi connectivity index (χ3n) is 2.49. The van der Waals surface area contributed by atoms with Gasteiger partial charge in [0.25, 0.3) is 5.91 Å². The number of anilines is 1. The van der Waals surface area contributed by atoms with Gasteiger partial charge in [0.1, 0.15) is 11.4 Å². The van der Waals surface area contributed by atoms with Crippen molar-refractivity contribution in [2.24, 2.45) is 0 Å². The largest absolute Gasteiger partial charge is 0.465 e. The molecule has 0 bridgehead atoms. The van der Waals surface area contributed by atoms with Crippen LogP contribution in [0.4, 0.5) is 5.13 Å². The number of amides is 1. The van der Waals surface area contributed by atoms with Gasteiger partial charge in [-0.2, -0.15) is 0 Å². The highest BCUT2D eigenvalue weighted by Crippen LogP contribution is 2.21. The number of carbonyl (C=O) groups excluding carboxylic acids is 2. The van der Waals surface area contributed by atoms with E-state index in [1.807, 2.05) is 0 Å². The molecule has 0 fully saturated rings. The molecule has 0 unspecified atom stereocenters. The molecule has 0 saturated carbocycles. The zero-order valence-electron chi connectivity index (χ0n) is 11.8. The third-order valence-corrected chi connectivity index (χ3v) is 3.46. The van der Waals surface area contributed by atoms with E-state index in [-0.39, 0.29) is 19.1 Å². The summed E-state index contributed by atoms with van der Waals surface area (Å²) in [5.41, 5.74) is 6.15. The molecular formula is C12H19N3O4S. The van der Waals surface area contributed by atoms with Gasteiger partial charge in [0.15, 0.2) is 5.13 Å². The van der Waals surface area contributed by atoms with E-state index in [2.05, 4.69) is 4.98 Å². The fourth-order valence-corrected chi connectivity index (χ4v) is 2.38. The van der Waals surface area contributed by atoms with E-state index in [0.717, 1.165) is 11.3 Å². The molecule has 0 radical (unpaired) electrons. The first kappa shape index (κ1) is 16.4. The van der Waals surface area contributed by atoms with E-state index in [9.17, 15) is 9.59 Å². The van der Waals surface area contributed by atoms with Crippen molar-refractivity contribution in [2.75, 3.05) is 39.1 Å². The molecule has 20 heavy (non-hydrogen) atoms. The van der Waals surface area contributed by atoms with Gasteiger partial charge in [0.05, 0.1) is 18.9 Å². The summed E-state index contributed by atoms with van der Waals surface area (Å²) in [4.78, 5) is 29.8. The maximum atomic E-state index is 12.4. The number of hydrogen-bond donors (Lipinski definition) is 1. The number of hydrogen-bond acceptors (Lipinski definition) is 7. The van der Waals surface area contributed by atoms with Crippen LogP contribution in [0.5, 0.6) is 0 Å². The molecule has 1 aromatic rings. The van der Waals surface area contributed by atoms with Gasteiger partial charge >= 0.3 is 5.97 Å². The lowest BCUT2D eigenvalue weighted by Gasteiger charge is -2.20. The zero-order valence-corrected chi connectivity index (χ0v) is 12.7. The van der Waals surface area contributed by atoms with Crippen LogP contribution in [-0.2, 0) is 14.3 Å². The number of aryl methyl sites for hydroxylation is 1. The second-order valence-corrected chi connectivity index (χ2v) is 5.02. The zero-order chi connectivity index (χ0) is 15.1. The van der Waals surface area contributed by atoms with Crippen LogP contribution in [0.15, 0.2) is 0 Å². The summed E-state index contributed by atoms with van der Waals surface area (Å²) < 4.78 is 9.82. The Hall–Kier alpha value is -1.67. The van der Waals surface area contributed by atoms with E-state index >= 15 is 0 Å². The van der Waals surface area contributed by atoms with E-state index < -0.39 is 5.97 Å². The number of rotatable bonds is 7. The van der Waals surface area contributed by atoms with Crippen molar-refractivity contribution in [3.63, 3.8) is 0 Å². The Balaban J connectivity index is 2.83. The number of ether oxygens (including phenoxy) is 2. The molecule has 0 spiro atoms. The van der Waals surface area contributed by atoms with Crippen LogP contribution < -0.4 is 5.73 Å². The SMILES string of the molecule is CCOC(=O)CN(CCOC)C(=O)c1sc(N)nc1C. The summed E-state index contributed by atoms with van der Waals surface area (Å²) in [5, 5.41) is 0.327. The van der Waals surface area contributed by atoms with Crippen LogP contribution in [0, 0.1) is 6.92 Å². The fourth-order valence-electron chi connectivity index (χ4n) is 1.58. The van der Waals surface area contributed by atoms with Gasteiger partial charge < -0.3 is 20.1 Å². The van der Waals surface area contributed by atoms with Crippen molar-refractivity contribution in [3.05, 3.63) is 10.6 Å². The molecule has 1 aromatic heterocycles. The number of aromatic nitrogens is 1. The molecule has 0 aliphatic rings. The number of carbonyl (C=O) groups is 2. The molecule has 0 aliphatic carbocycles. The molecule has 112 valence electrons. The molecule has 0 aromatic carbocycles. The topological polar surface area (TPSA) is 94.8 Å². The summed E-state index contributed by atoms with van der Waals surface area (Å²) >= 11 is 1.11. The Morgan fingerprint density at radius 3 is 2.65 bits per heavy atom. The Morgan fingerprint density at radius 2 is 2.15 bits per heavy atom. The lowest BCUT2D eigenvalue weighted by atomic mass is 10.3. The monoisotopic (exact) mass is 301 g/mol. The van der Waals surface area contributed by atoms with Crippen LogP contribution in [0.25, 0.3) is 0 Å². The Bertz CT molecular complexity index is 475. The number of nitrogen functional groups attached to an aromatic ring is 1. The summed E-state index contributed by atoms with van der Waals surface area (Å²) in [5.74, 6) is -0.742. The number of thiazole rings is 1. The lowest BCUT2D eigenvalue weighted by Crippen LogP contribution is -2.38. The highest BCUT2D eigenvalue weighted by atomic mass is 32.1. The van der Waals surface area contributed by atoms with Crippen LogP contribution in [0.3, 0.4) is 0 Å². The molecule has 0 atom stereocenters. The van der Waals surface area contributed by atoms with Gasteiger partial charge in [-0.1, -0.05) is 11.3 Å². The molecule has 1 rings (SSSR count). The first-order valence-electron chi connectivity index (χ1n) is 6.16. The van der Waals surface area contributed by atoms with Crippen LogP contribution in [0.2, 0.25) is 0 Å². The van der Waals surface area contributed by atoms with Crippen molar-refractivity contribution in [2.45, 2.75) is 13.8 Å². The predicted molar refractivity (Wildman–Crippen MR) is 75.7 cm³/mol. The summed E-state index contributed by atoms with van der Waals surface area (Å²) in [6.45, 7) is 4.21. The third kappa shape index (κ3) is 4.46. The van der Waals surface area contributed by atoms with Crippen LogP contribution in [0.1, 0.15) is 22.3 Å². The first-order valence-corrected chi connectivity index (χ1v) is 6.98. The quantitative estimate of drug-likeness (QED) is 0.744. The number of nitrogens with zero attached hydrogens (tertiary/aromatic N) is 2. The Kier molecular flexibility index (Phi) is 6.40. The highest BCUT2D eigenvalue weighted by molar-refractivity contribution is 7.17. The molecule has 0 aliphatic heterocycles. The smallest absolute Gasteiger partial charge is 0.325 e. The Labute approximate surface area is 121 Å². The van der Waals surface area contributed by atoms with E-state index in [1.54, 1.807) is 13.8 Å². The minimum Gasteiger partial charge on any atom is -0.465 e. The maximum Gasteiger partial charge on any atom is 0.325 e. The van der Waals surface area contributed by atoms with Gasteiger partial charge in [0, 0.05) is 13.7 Å². The summed E-state index contributed by atoms with van der Waals surface area (Å²) in [6, 6.07) is 0. The molecule has 7 nitrogen and oxygen atoms in total. The van der Waals surface area contributed by atoms with Gasteiger partial charge in [-0.15, -0.1) is 0 Å². The van der Waals surface area contributed by atoms with Gasteiger partial charge in [-0.05, 0) is 13.8 Å². The highest BCUT2D eigenvalue weighted by Gasteiger charge is 2.23. The predicted octanol–water partition coefficient (Wildman–Crippen LogP) is 0.685. The van der Waals surface area contributed by atoms with Gasteiger partial charge in [-0.3, -0.25) is 9.59 Å². The number of esters is 1. The Morgan fingerprint density at radius 1 is 1.45 bits per heavy atom. The van der Waals surface area contributed by atoms with E-state index in [0.29, 0.717) is 28.9 Å². The molecule has 8 heteroatoms. The average molecular weight is 301 g/mol. The lowest BCUT2D eigenvalue weighted by molar-refractivity contribution is -0.143. The van der Waals surface area contributed by atoms with Crippen LogP contribution in [-0.4, -0.2) is 55.2 Å². The normalized spacial score (nSPS) is 10.3. The standard InChI is InChI=1S/C12H19N3O4S/c1-4-19-9(16)7-15(5-6-18-3)11(17)10-8(2)14-12(13)20-10/h4-7H2,1-3H3,(H2,13,14). The van der Waals surface area contributed by atoms with Gasteiger partial charge in [-0.25, -0.2) is 4.98 Å². The molecule has 0 saturated heterocycles. The second-order valence-electron chi connectivity index (χ2n) is 3.99. The van der Waals surface area contributed by atoms with Crippen molar-refractivity contribution >= 4 is 28.3 Å². The maximum absolute atomic E-state index is 12.4. The molecule has 2 N–H and O–H groups in total. The van der Waals surface area contributed by atoms with Crippen molar-refractivity contribution in [1.82, 2.24) is 9.88 Å². The van der Waals surface area contributed by atoms with E-state index in [4.69, 9.17) is 15.2 Å². The van der Waals surface area contributed by atoms with Crippen LogP contribution >= 0.6 is 11.3 Å². The summed E-state index contributed by atoms with van der Waals surface area (Å²) in [6.07, 6.45) is 0. The molecule has 1 amide bonds. The molecular weight excluding hydrogens is 282 g/mol. The molecule has 1 heterocycles. The van der Waals surface area contributed by atoms with Gasteiger partial charge in [0.2, 0.25) is 0 Å². The first-order chi connectivity index (χ1) is 9.49. The van der Waals surface area contributed by atoms with Crippen molar-refractivity contribution in [3.8, 4) is 0 Å².